The number of primary amides is 1. The molecule has 0 bridgehead atoms. The zero-order valence-electron chi connectivity index (χ0n) is 12.2. The Morgan fingerprint density at radius 2 is 2.04 bits per heavy atom. The van der Waals surface area contributed by atoms with Gasteiger partial charge in [-0.25, -0.2) is 14.4 Å². The lowest BCUT2D eigenvalue weighted by Crippen LogP contribution is -2.31. The van der Waals surface area contributed by atoms with Gasteiger partial charge in [-0.15, -0.1) is 11.3 Å². The van der Waals surface area contributed by atoms with Gasteiger partial charge in [-0.05, 0) is 35.6 Å². The van der Waals surface area contributed by atoms with E-state index in [0.29, 0.717) is 18.8 Å². The van der Waals surface area contributed by atoms with E-state index in [2.05, 4.69) is 15.3 Å². The Morgan fingerprint density at radius 3 is 2.78 bits per heavy atom. The lowest BCUT2D eigenvalue weighted by molar-refractivity contribution is -0.121. The Kier molecular flexibility index (Phi) is 4.47. The van der Waals surface area contributed by atoms with Crippen LogP contribution in [-0.4, -0.2) is 22.4 Å². The molecule has 1 atom stereocenters. The van der Waals surface area contributed by atoms with Crippen LogP contribution < -0.4 is 11.1 Å². The number of thiophene rings is 1. The highest BCUT2D eigenvalue weighted by Crippen LogP contribution is 2.24. The Balaban J connectivity index is 1.71. The Hall–Kier alpha value is -2.54. The van der Waals surface area contributed by atoms with E-state index in [0.717, 1.165) is 15.8 Å². The summed E-state index contributed by atoms with van der Waals surface area (Å²) in [5.74, 6) is -0.438. The first-order chi connectivity index (χ1) is 11.1. The van der Waals surface area contributed by atoms with E-state index in [-0.39, 0.29) is 5.82 Å². The number of nitrogens with two attached hydrogens (primary N) is 1. The Morgan fingerprint density at radius 1 is 1.26 bits per heavy atom. The molecule has 0 saturated heterocycles. The molecule has 118 valence electrons. The van der Waals surface area contributed by atoms with Gasteiger partial charge in [-0.3, -0.25) is 4.79 Å². The van der Waals surface area contributed by atoms with Gasteiger partial charge in [0, 0.05) is 6.54 Å². The highest BCUT2D eigenvalue weighted by molar-refractivity contribution is 7.16. The number of rotatable bonds is 6. The number of carbonyl (C=O) groups excluding carboxylic acids is 1. The second-order valence-electron chi connectivity index (χ2n) is 5.17. The third-order valence-corrected chi connectivity index (χ3v) is 4.40. The van der Waals surface area contributed by atoms with Gasteiger partial charge in [0.15, 0.2) is 0 Å². The summed E-state index contributed by atoms with van der Waals surface area (Å²) in [6.45, 7) is 0.356. The normalized spacial score (nSPS) is 12.2. The van der Waals surface area contributed by atoms with E-state index < -0.39 is 11.8 Å². The van der Waals surface area contributed by atoms with Crippen molar-refractivity contribution >= 4 is 33.3 Å². The number of hydrogen-bond acceptors (Lipinski definition) is 5. The van der Waals surface area contributed by atoms with Crippen LogP contribution in [0.2, 0.25) is 0 Å². The fourth-order valence-corrected chi connectivity index (χ4v) is 3.06. The highest BCUT2D eigenvalue weighted by Gasteiger charge is 2.17. The van der Waals surface area contributed by atoms with Gasteiger partial charge in [-0.1, -0.05) is 12.1 Å². The average molecular weight is 330 g/mol. The molecule has 7 heteroatoms. The lowest BCUT2D eigenvalue weighted by Gasteiger charge is -2.15. The molecule has 3 N–H and O–H groups in total. The second kappa shape index (κ2) is 6.70. The van der Waals surface area contributed by atoms with Gasteiger partial charge in [0.1, 0.15) is 22.8 Å². The number of nitrogens with zero attached hydrogens (tertiary/aromatic N) is 2. The molecule has 0 spiro atoms. The molecule has 2 aromatic heterocycles. The van der Waals surface area contributed by atoms with Crippen molar-refractivity contribution in [1.82, 2.24) is 9.97 Å². The van der Waals surface area contributed by atoms with Crippen LogP contribution in [0.4, 0.5) is 10.2 Å². The number of benzene rings is 1. The van der Waals surface area contributed by atoms with E-state index >= 15 is 0 Å². The summed E-state index contributed by atoms with van der Waals surface area (Å²) >= 11 is 1.53. The van der Waals surface area contributed by atoms with Gasteiger partial charge in [0.2, 0.25) is 5.91 Å². The third-order valence-electron chi connectivity index (χ3n) is 3.58. The van der Waals surface area contributed by atoms with Gasteiger partial charge >= 0.3 is 0 Å². The summed E-state index contributed by atoms with van der Waals surface area (Å²) in [5.41, 5.74) is 6.35. The highest BCUT2D eigenvalue weighted by atomic mass is 32.1. The van der Waals surface area contributed by atoms with Gasteiger partial charge < -0.3 is 11.1 Å². The average Bonchev–Trinajstić information content (AvgIpc) is 3.02. The molecule has 3 rings (SSSR count). The molecule has 5 nitrogen and oxygen atoms in total. The van der Waals surface area contributed by atoms with Gasteiger partial charge in [0.05, 0.1) is 11.3 Å². The fraction of sp³-hybridized carbons (Fsp3) is 0.188. The minimum Gasteiger partial charge on any atom is -0.369 e. The van der Waals surface area contributed by atoms with Crippen molar-refractivity contribution in [2.75, 3.05) is 11.9 Å². The minimum atomic E-state index is -0.413. The van der Waals surface area contributed by atoms with E-state index in [1.54, 1.807) is 12.1 Å². The molecular formula is C16H15FN4OS. The summed E-state index contributed by atoms with van der Waals surface area (Å²) in [6.07, 6.45) is 1.93. The first-order valence-corrected chi connectivity index (χ1v) is 7.97. The van der Waals surface area contributed by atoms with Crippen LogP contribution in [0.25, 0.3) is 10.2 Å². The van der Waals surface area contributed by atoms with Crippen LogP contribution in [0.15, 0.2) is 42.0 Å². The summed E-state index contributed by atoms with van der Waals surface area (Å²) in [4.78, 5) is 21.0. The van der Waals surface area contributed by atoms with Crippen molar-refractivity contribution in [2.24, 2.45) is 11.7 Å². The van der Waals surface area contributed by atoms with E-state index in [1.807, 2.05) is 11.4 Å². The van der Waals surface area contributed by atoms with Crippen molar-refractivity contribution in [3.63, 3.8) is 0 Å². The summed E-state index contributed by atoms with van der Waals surface area (Å²) in [7, 11) is 0. The largest absolute Gasteiger partial charge is 0.369 e. The molecule has 0 aliphatic heterocycles. The number of aromatic nitrogens is 2. The molecule has 3 aromatic rings. The molecule has 1 amide bonds. The van der Waals surface area contributed by atoms with E-state index in [1.165, 1.54) is 29.8 Å². The maximum atomic E-state index is 13.0. The van der Waals surface area contributed by atoms with Crippen LogP contribution in [0.5, 0.6) is 0 Å². The third kappa shape index (κ3) is 3.62. The summed E-state index contributed by atoms with van der Waals surface area (Å²) in [6, 6.07) is 8.00. The van der Waals surface area contributed by atoms with E-state index in [9.17, 15) is 9.18 Å². The smallest absolute Gasteiger partial charge is 0.222 e. The number of anilines is 1. The fourth-order valence-electron chi connectivity index (χ4n) is 2.33. The number of nitrogens with one attached hydrogen (secondary N) is 1. The number of amides is 1. The Bertz CT molecular complexity index is 818. The molecule has 0 aliphatic carbocycles. The molecule has 2 heterocycles. The predicted molar refractivity (Wildman–Crippen MR) is 88.7 cm³/mol. The maximum absolute atomic E-state index is 13.0. The minimum absolute atomic E-state index is 0.302. The van der Waals surface area contributed by atoms with Crippen LogP contribution in [-0.2, 0) is 11.2 Å². The number of carbonyl (C=O) groups is 1. The Labute approximate surface area is 136 Å². The SMILES string of the molecule is NC(=O)[C@@H](CNc1ncnc2sccc12)Cc1ccc(F)cc1. The number of fused-ring (bicyclic) bond motifs is 1. The van der Waals surface area contributed by atoms with Crippen molar-refractivity contribution in [3.05, 3.63) is 53.4 Å². The molecule has 0 aliphatic rings. The maximum Gasteiger partial charge on any atom is 0.222 e. The van der Waals surface area contributed by atoms with E-state index in [4.69, 9.17) is 5.73 Å². The van der Waals surface area contributed by atoms with Gasteiger partial charge in [0.25, 0.3) is 0 Å². The lowest BCUT2D eigenvalue weighted by atomic mass is 9.98. The zero-order chi connectivity index (χ0) is 16.2. The van der Waals surface area contributed by atoms with Crippen molar-refractivity contribution < 1.29 is 9.18 Å². The van der Waals surface area contributed by atoms with Crippen LogP contribution >= 0.6 is 11.3 Å². The van der Waals surface area contributed by atoms with Crippen molar-refractivity contribution in [1.29, 1.82) is 0 Å². The molecule has 23 heavy (non-hydrogen) atoms. The number of hydrogen-bond donors (Lipinski definition) is 2. The molecule has 0 radical (unpaired) electrons. The van der Waals surface area contributed by atoms with Crippen LogP contribution in [0, 0.1) is 11.7 Å². The van der Waals surface area contributed by atoms with Crippen molar-refractivity contribution in [2.45, 2.75) is 6.42 Å². The van der Waals surface area contributed by atoms with Crippen molar-refractivity contribution in [3.8, 4) is 0 Å². The summed E-state index contributed by atoms with van der Waals surface area (Å²) < 4.78 is 13.0. The topological polar surface area (TPSA) is 80.9 Å². The second-order valence-corrected chi connectivity index (χ2v) is 6.07. The number of halogens is 1. The quantitative estimate of drug-likeness (QED) is 0.728. The standard InChI is InChI=1S/C16H15FN4OS/c17-12-3-1-10(2-4-12)7-11(14(18)22)8-19-15-13-5-6-23-16(13)21-9-20-15/h1-6,9,11H,7-8H2,(H2,18,22)(H,19,20,21)/t11-/m1/s1. The first kappa shape index (κ1) is 15.4. The monoisotopic (exact) mass is 330 g/mol. The molecule has 0 saturated carbocycles. The molecular weight excluding hydrogens is 315 g/mol. The van der Waals surface area contributed by atoms with Gasteiger partial charge in [-0.2, -0.15) is 0 Å². The zero-order valence-corrected chi connectivity index (χ0v) is 13.0. The molecule has 0 fully saturated rings. The molecule has 1 aromatic carbocycles. The van der Waals surface area contributed by atoms with Crippen LogP contribution in [0.1, 0.15) is 5.56 Å². The molecule has 0 unspecified atom stereocenters. The first-order valence-electron chi connectivity index (χ1n) is 7.09. The van der Waals surface area contributed by atoms with Crippen LogP contribution in [0.3, 0.4) is 0 Å². The summed E-state index contributed by atoms with van der Waals surface area (Å²) in [5, 5.41) is 6.03. The predicted octanol–water partition coefficient (Wildman–Crippen LogP) is 2.59.